The van der Waals surface area contributed by atoms with E-state index < -0.39 is 234 Å². The lowest BCUT2D eigenvalue weighted by atomic mass is 9.11. The lowest BCUT2D eigenvalue weighted by molar-refractivity contribution is 0.410. The molecule has 0 bridgehead atoms. The van der Waals surface area contributed by atoms with Crippen LogP contribution in [0.15, 0.2) is 42.5 Å². The molecule has 0 fully saturated rings. The van der Waals surface area contributed by atoms with Gasteiger partial charge in [-0.25, -0.2) is 123 Å². The fourth-order valence-corrected chi connectivity index (χ4v) is 9.04. The molecule has 0 aliphatic rings. The van der Waals surface area contributed by atoms with Crippen molar-refractivity contribution in [2.75, 3.05) is 0 Å². The zero-order chi connectivity index (χ0) is 56.5. The number of hydrogen-bond donors (Lipinski definition) is 0. The van der Waals surface area contributed by atoms with Gasteiger partial charge in [0.2, 0.25) is 0 Å². The first-order chi connectivity index (χ1) is 35.5. The van der Waals surface area contributed by atoms with E-state index in [1.54, 1.807) is 0 Å². The molecule has 0 unspecified atom stereocenters. The summed E-state index contributed by atoms with van der Waals surface area (Å²) in [7, 11) is 0. The van der Waals surface area contributed by atoms with E-state index in [1.807, 2.05) is 42.5 Å². The molecule has 0 radical (unpaired) electrons. The summed E-state index contributed by atoms with van der Waals surface area (Å²) in [4.78, 5) is 0. The highest BCUT2D eigenvalue weighted by atomic mass is 19.2. The van der Waals surface area contributed by atoms with E-state index in [0.717, 1.165) is 0 Å². The third-order valence-corrected chi connectivity index (χ3v) is 12.0. The topological polar surface area (TPSA) is 0 Å². The molecule has 394 valence electrons. The summed E-state index contributed by atoms with van der Waals surface area (Å²) in [5, 5.41) is -27.0. The molecule has 0 saturated heterocycles. The molecule has 0 aromatic heterocycles. The first-order valence-electron chi connectivity index (χ1n) is 19.8. The van der Waals surface area contributed by atoms with Gasteiger partial charge in [-0.15, -0.1) is 21.9 Å². The van der Waals surface area contributed by atoms with E-state index in [0.29, 0.717) is 0 Å². The minimum atomic E-state index is -8.05. The molecular weight excluding hydrogens is 1110 g/mol. The first kappa shape index (κ1) is 54.3. The van der Waals surface area contributed by atoms with Crippen LogP contribution in [0.3, 0.4) is 0 Å². The van der Waals surface area contributed by atoms with Crippen LogP contribution in [0.5, 0.6) is 0 Å². The molecule has 0 nitrogen and oxygen atoms in total. The second-order valence-electron chi connectivity index (χ2n) is 15.7. The molecule has 0 amide bonds. The van der Waals surface area contributed by atoms with Crippen LogP contribution in [0.25, 0.3) is 43.1 Å². The van der Waals surface area contributed by atoms with Gasteiger partial charge in [0.05, 0.1) is 21.5 Å². The zero-order valence-electron chi connectivity index (χ0n) is 35.2. The Morgan fingerprint density at radius 3 is 0.487 bits per heavy atom. The second-order valence-corrected chi connectivity index (χ2v) is 15.7. The monoisotopic (exact) mass is 1110 g/mol. The van der Waals surface area contributed by atoms with Gasteiger partial charge in [-0.2, -0.15) is 0 Å². The number of hydrogen-bond acceptors (Lipinski definition) is 0. The van der Waals surface area contributed by atoms with Crippen LogP contribution >= 0.6 is 0 Å². The second kappa shape index (κ2) is 18.7. The van der Waals surface area contributed by atoms with Crippen molar-refractivity contribution in [1.82, 2.24) is 0 Å². The molecule has 0 N–H and O–H groups in total. The molecule has 9 aromatic carbocycles. The van der Waals surface area contributed by atoms with Crippen LogP contribution in [0.4, 0.5) is 123 Å². The Bertz CT molecular complexity index is 3530. The Morgan fingerprint density at radius 2 is 0.316 bits per heavy atom. The summed E-state index contributed by atoms with van der Waals surface area (Å²) in [6.07, 6.45) is -8.05. The van der Waals surface area contributed by atoms with Crippen LogP contribution in [0.1, 0.15) is 0 Å². The lowest BCUT2D eigenvalue weighted by Crippen LogP contribution is -2.79. The maximum Gasteiger partial charge on any atom is 0.198 e. The first-order valence-corrected chi connectivity index (χ1v) is 19.8. The zero-order valence-corrected chi connectivity index (χ0v) is 35.2. The van der Waals surface area contributed by atoms with Gasteiger partial charge in [0.1, 0.15) is 29.4 Å². The third kappa shape index (κ3) is 7.04. The smallest absolute Gasteiger partial charge is 0.198 e. The molecule has 0 atom stereocenters. The third-order valence-electron chi connectivity index (χ3n) is 12.0. The predicted octanol–water partition coefficient (Wildman–Crippen LogP) is 13.5. The molecule has 0 saturated carbocycles. The summed E-state index contributed by atoms with van der Waals surface area (Å²) in [6.45, 7) is 0. The SMILES string of the molecule is Fc1c(F)c(F)c2c([B-](c3c(F)c(F)c(F)c4c(F)c(F)c(F)c(F)c34)(c3c(F)c(F)c(F)c4c(F)c(F)c(F)c(F)c34)c3c(F)c(F)c(F)c4c(F)c(F)c(F)c(F)c34)c(F)c(F)c(F)c2c1F.c1ccc[cH+]cc1. The van der Waals surface area contributed by atoms with Crippen molar-refractivity contribution in [2.45, 2.75) is 0 Å². The van der Waals surface area contributed by atoms with Gasteiger partial charge in [0.25, 0.3) is 0 Å². The van der Waals surface area contributed by atoms with Crippen molar-refractivity contribution in [3.05, 3.63) is 205 Å². The molecule has 9 rings (SSSR count). The molecular formula is C47H7BF28. The van der Waals surface area contributed by atoms with Crippen molar-refractivity contribution >= 4 is 71.1 Å². The van der Waals surface area contributed by atoms with Gasteiger partial charge in [0.15, 0.2) is 140 Å². The van der Waals surface area contributed by atoms with E-state index in [1.165, 1.54) is 0 Å². The maximum absolute atomic E-state index is 17.3. The van der Waals surface area contributed by atoms with Crippen LogP contribution < -0.4 is 21.9 Å². The summed E-state index contributed by atoms with van der Waals surface area (Å²) in [5.41, 5.74) is -15.5. The van der Waals surface area contributed by atoms with Crippen LogP contribution in [-0.2, 0) is 0 Å². The van der Waals surface area contributed by atoms with E-state index >= 15 is 105 Å². The van der Waals surface area contributed by atoms with Gasteiger partial charge < -0.3 is 0 Å². The largest absolute Gasteiger partial charge is 0.207 e. The Balaban J connectivity index is 0.00000101. The predicted molar refractivity (Wildman–Crippen MR) is 210 cm³/mol. The highest BCUT2D eigenvalue weighted by molar-refractivity contribution is 7.23. The maximum atomic E-state index is 17.3. The summed E-state index contributed by atoms with van der Waals surface area (Å²) in [5.74, 6) is -104. The van der Waals surface area contributed by atoms with Crippen molar-refractivity contribution in [2.24, 2.45) is 0 Å². The Labute approximate surface area is 399 Å². The number of halogens is 28. The fourth-order valence-electron chi connectivity index (χ4n) is 9.04. The molecule has 0 heterocycles. The quantitative estimate of drug-likeness (QED) is 0.0542. The summed E-state index contributed by atoms with van der Waals surface area (Å²) < 4.78 is 446. The average molecular weight is 1110 g/mol. The number of fused-ring (bicyclic) bond motifs is 4. The Kier molecular flexibility index (Phi) is 13.3. The standard InChI is InChI=1S/C40BF28.C7H7/c42-13-1-5(21(50)37(66)33(13)62)17(46)29(58)25(54)9(1)41(10-2-6(18(47)30(59)26(10)55)22(51)38(67)34(63)14(2)43,11-3-7(19(48)31(60)27(11)56)23(52)39(68)35(64)15(3)44)12-4-8(20(49)32(61)28(12)57)24(53)40(69)36(65)16(4)45;1-2-4-6-7-5-3-1/h;1-7H/q-1;+1. The van der Waals surface area contributed by atoms with Gasteiger partial charge >= 0.3 is 0 Å². The van der Waals surface area contributed by atoms with Gasteiger partial charge in [-0.05, 0) is 21.5 Å². The molecule has 76 heavy (non-hydrogen) atoms. The van der Waals surface area contributed by atoms with Crippen molar-refractivity contribution in [3.63, 3.8) is 0 Å². The molecule has 29 heteroatoms. The lowest BCUT2D eigenvalue weighted by Gasteiger charge is -2.47. The highest BCUT2D eigenvalue weighted by Gasteiger charge is 2.52. The van der Waals surface area contributed by atoms with E-state index in [2.05, 4.69) is 0 Å². The van der Waals surface area contributed by atoms with E-state index in [9.17, 15) is 17.6 Å². The van der Waals surface area contributed by atoms with Crippen molar-refractivity contribution in [1.29, 1.82) is 0 Å². The molecule has 0 aliphatic carbocycles. The van der Waals surface area contributed by atoms with Crippen LogP contribution in [0, 0.1) is 163 Å². The minimum absolute atomic E-state index is 2.00. The van der Waals surface area contributed by atoms with Crippen LogP contribution in [-0.4, -0.2) is 6.15 Å². The highest BCUT2D eigenvalue weighted by Crippen LogP contribution is 2.42. The number of rotatable bonds is 4. The van der Waals surface area contributed by atoms with Crippen LogP contribution in [0.2, 0.25) is 0 Å². The van der Waals surface area contributed by atoms with Crippen molar-refractivity contribution < 1.29 is 123 Å². The van der Waals surface area contributed by atoms with Gasteiger partial charge in [0, 0.05) is 42.5 Å². The molecule has 0 spiro atoms. The van der Waals surface area contributed by atoms with E-state index in [4.69, 9.17) is 0 Å². The van der Waals surface area contributed by atoms with Crippen molar-refractivity contribution in [3.8, 4) is 0 Å². The summed E-state index contributed by atoms with van der Waals surface area (Å²) in [6, 6.07) is 14.0. The normalized spacial score (nSPS) is 11.9. The van der Waals surface area contributed by atoms with Gasteiger partial charge in [-0.3, -0.25) is 0 Å². The van der Waals surface area contributed by atoms with E-state index in [-0.39, 0.29) is 0 Å². The Hall–Kier alpha value is -8.01. The molecule has 9 aromatic rings. The molecule has 0 aliphatic heterocycles. The Morgan fingerprint density at radius 1 is 0.171 bits per heavy atom. The van der Waals surface area contributed by atoms with Gasteiger partial charge in [-0.1, -0.05) is 0 Å². The summed E-state index contributed by atoms with van der Waals surface area (Å²) >= 11 is 0. The minimum Gasteiger partial charge on any atom is -0.207 e. The fraction of sp³-hybridized carbons (Fsp3) is 0. The average Bonchev–Trinajstić information content (AvgIpc) is 3.76. The number of benzene rings is 8.